The molecule has 1 aliphatic carbocycles. The molecule has 0 bridgehead atoms. The number of rotatable bonds is 10. The van der Waals surface area contributed by atoms with Crippen molar-refractivity contribution in [3.05, 3.63) is 11.3 Å². The summed E-state index contributed by atoms with van der Waals surface area (Å²) in [5.41, 5.74) is 1.40. The van der Waals surface area contributed by atoms with Gasteiger partial charge in [0, 0.05) is 20.1 Å². The Labute approximate surface area is 122 Å². The van der Waals surface area contributed by atoms with Crippen LogP contribution < -0.4 is 0 Å². The van der Waals surface area contributed by atoms with Crippen molar-refractivity contribution in [1.82, 2.24) is 9.80 Å². The third kappa shape index (κ3) is 4.30. The Morgan fingerprint density at radius 3 is 2.40 bits per heavy atom. The summed E-state index contributed by atoms with van der Waals surface area (Å²) in [7, 11) is 1.86. The number of ether oxygens (including phenoxy) is 1. The summed E-state index contributed by atoms with van der Waals surface area (Å²) in [6.07, 6.45) is 0.273. The van der Waals surface area contributed by atoms with Crippen LogP contribution in [0.1, 0.15) is 27.2 Å². The smallest absolute Gasteiger partial charge is 0.211 e. The molecule has 1 rings (SSSR count). The highest BCUT2D eigenvalue weighted by Crippen LogP contribution is 2.26. The minimum Gasteiger partial charge on any atom is -0.380 e. The molecule has 20 heavy (non-hydrogen) atoms. The molecule has 1 unspecified atom stereocenters. The first-order valence-electron chi connectivity index (χ1n) is 7.47. The Bertz CT molecular complexity index is 355. The Balaban J connectivity index is 2.17. The molecule has 0 saturated heterocycles. The third-order valence-electron chi connectivity index (χ3n) is 3.76. The number of aliphatic hydroxyl groups is 1. The van der Waals surface area contributed by atoms with E-state index in [9.17, 15) is 9.90 Å². The van der Waals surface area contributed by atoms with Gasteiger partial charge in [-0.15, -0.1) is 0 Å². The maximum absolute atomic E-state index is 11.5. The number of Topliss-reactive ketones (excluding diaryl/α,β-unsaturated/α-hetero) is 1. The Morgan fingerprint density at radius 2 is 1.85 bits per heavy atom. The van der Waals surface area contributed by atoms with E-state index in [1.807, 2.05) is 11.9 Å². The molecule has 1 N–H and O–H groups in total. The first kappa shape index (κ1) is 17.1. The van der Waals surface area contributed by atoms with E-state index >= 15 is 0 Å². The molecule has 0 aromatic carbocycles. The molecule has 0 spiro atoms. The van der Waals surface area contributed by atoms with E-state index in [1.165, 1.54) is 0 Å². The molecule has 0 aromatic rings. The Hall–Kier alpha value is -0.910. The highest BCUT2D eigenvalue weighted by Gasteiger charge is 2.36. The molecule has 5 nitrogen and oxygen atoms in total. The van der Waals surface area contributed by atoms with E-state index in [-0.39, 0.29) is 5.78 Å². The van der Waals surface area contributed by atoms with Crippen molar-refractivity contribution < 1.29 is 14.6 Å². The van der Waals surface area contributed by atoms with Crippen LogP contribution in [-0.2, 0) is 9.53 Å². The number of ketones is 1. The van der Waals surface area contributed by atoms with Crippen molar-refractivity contribution in [3.63, 3.8) is 0 Å². The first-order valence-corrected chi connectivity index (χ1v) is 7.47. The van der Waals surface area contributed by atoms with E-state index in [0.717, 1.165) is 38.2 Å². The molecule has 116 valence electrons. The summed E-state index contributed by atoms with van der Waals surface area (Å²) >= 11 is 0. The fraction of sp³-hybridized carbons (Fsp3) is 0.800. The van der Waals surface area contributed by atoms with Crippen LogP contribution in [0.5, 0.6) is 0 Å². The fourth-order valence-corrected chi connectivity index (χ4v) is 2.41. The van der Waals surface area contributed by atoms with E-state index in [2.05, 4.69) is 18.7 Å². The van der Waals surface area contributed by atoms with Crippen molar-refractivity contribution in [2.45, 2.75) is 33.3 Å². The van der Waals surface area contributed by atoms with Crippen molar-refractivity contribution in [3.8, 4) is 0 Å². The average Bonchev–Trinajstić information content (AvgIpc) is 2.45. The zero-order valence-electron chi connectivity index (χ0n) is 13.2. The van der Waals surface area contributed by atoms with Gasteiger partial charge >= 0.3 is 0 Å². The number of aliphatic hydroxyl groups excluding tert-OH is 1. The fourth-order valence-electron chi connectivity index (χ4n) is 2.41. The summed E-state index contributed by atoms with van der Waals surface area (Å²) < 4.78 is 5.62. The molecule has 1 aliphatic rings. The summed E-state index contributed by atoms with van der Waals surface area (Å²) in [6, 6.07) is 0. The number of hydrogen-bond acceptors (Lipinski definition) is 5. The molecular formula is C15H28N2O3. The van der Waals surface area contributed by atoms with Gasteiger partial charge in [0.05, 0.1) is 18.9 Å². The molecule has 0 saturated carbocycles. The van der Waals surface area contributed by atoms with Gasteiger partial charge in [0.25, 0.3) is 0 Å². The van der Waals surface area contributed by atoms with Crippen LogP contribution in [-0.4, -0.2) is 73.2 Å². The normalized spacial score (nSPS) is 18.7. The van der Waals surface area contributed by atoms with Gasteiger partial charge in [0.1, 0.15) is 6.10 Å². The Morgan fingerprint density at radius 1 is 1.20 bits per heavy atom. The topological polar surface area (TPSA) is 53.0 Å². The van der Waals surface area contributed by atoms with Gasteiger partial charge in [-0.3, -0.25) is 4.79 Å². The van der Waals surface area contributed by atoms with Crippen LogP contribution in [0.4, 0.5) is 0 Å². The number of carbonyl (C=O) groups is 1. The molecule has 0 aliphatic heterocycles. The standard InChI is InChI=1S/C15H28N2O3/c1-5-7-17(6-2)9-11-20-10-8-16(4)13-12(3)14(18)15(13)19/h14,18H,5-11H2,1-4H3. The predicted octanol–water partition coefficient (Wildman–Crippen LogP) is 0.884. The van der Waals surface area contributed by atoms with E-state index in [1.54, 1.807) is 6.92 Å². The van der Waals surface area contributed by atoms with Crippen molar-refractivity contribution in [2.75, 3.05) is 46.4 Å². The van der Waals surface area contributed by atoms with Gasteiger partial charge in [-0.25, -0.2) is 0 Å². The largest absolute Gasteiger partial charge is 0.380 e. The monoisotopic (exact) mass is 284 g/mol. The van der Waals surface area contributed by atoms with Crippen LogP contribution in [0.2, 0.25) is 0 Å². The maximum Gasteiger partial charge on any atom is 0.211 e. The number of likely N-dealkylation sites (N-methyl/N-ethyl adjacent to an activating group) is 2. The lowest BCUT2D eigenvalue weighted by molar-refractivity contribution is -0.126. The SMILES string of the molecule is CCCN(CC)CCOCCN(C)C1=C(C)C(O)C1=O. The van der Waals surface area contributed by atoms with Gasteiger partial charge in [-0.05, 0) is 32.0 Å². The lowest BCUT2D eigenvalue weighted by Crippen LogP contribution is -2.43. The van der Waals surface area contributed by atoms with Crippen molar-refractivity contribution >= 4 is 5.78 Å². The molecule has 0 heterocycles. The van der Waals surface area contributed by atoms with Crippen LogP contribution in [0.3, 0.4) is 0 Å². The van der Waals surface area contributed by atoms with Crippen molar-refractivity contribution in [1.29, 1.82) is 0 Å². The zero-order chi connectivity index (χ0) is 15.1. The van der Waals surface area contributed by atoms with Gasteiger partial charge in [0.2, 0.25) is 5.78 Å². The van der Waals surface area contributed by atoms with Crippen LogP contribution in [0.25, 0.3) is 0 Å². The van der Waals surface area contributed by atoms with E-state index in [0.29, 0.717) is 18.8 Å². The van der Waals surface area contributed by atoms with E-state index in [4.69, 9.17) is 4.74 Å². The molecule has 0 radical (unpaired) electrons. The first-order chi connectivity index (χ1) is 9.52. The second-order valence-corrected chi connectivity index (χ2v) is 5.27. The highest BCUT2D eigenvalue weighted by atomic mass is 16.5. The van der Waals surface area contributed by atoms with E-state index < -0.39 is 6.10 Å². The van der Waals surface area contributed by atoms with Gasteiger partial charge < -0.3 is 19.6 Å². The maximum atomic E-state index is 11.5. The lowest BCUT2D eigenvalue weighted by Gasteiger charge is -2.33. The van der Waals surface area contributed by atoms with Gasteiger partial charge in [-0.2, -0.15) is 0 Å². The molecule has 5 heteroatoms. The molecule has 0 aromatic heterocycles. The van der Waals surface area contributed by atoms with Gasteiger partial charge in [-0.1, -0.05) is 13.8 Å². The second-order valence-electron chi connectivity index (χ2n) is 5.27. The third-order valence-corrected chi connectivity index (χ3v) is 3.76. The predicted molar refractivity (Wildman–Crippen MR) is 79.6 cm³/mol. The highest BCUT2D eigenvalue weighted by molar-refractivity contribution is 6.07. The lowest BCUT2D eigenvalue weighted by atomic mass is 9.89. The minimum absolute atomic E-state index is 0.176. The van der Waals surface area contributed by atoms with Crippen LogP contribution >= 0.6 is 0 Å². The second kappa shape index (κ2) is 8.39. The number of carbonyl (C=O) groups excluding carboxylic acids is 1. The van der Waals surface area contributed by atoms with Crippen LogP contribution in [0, 0.1) is 0 Å². The van der Waals surface area contributed by atoms with Crippen LogP contribution in [0.15, 0.2) is 11.3 Å². The number of hydrogen-bond donors (Lipinski definition) is 1. The Kier molecular flexibility index (Phi) is 7.19. The average molecular weight is 284 g/mol. The quantitative estimate of drug-likeness (QED) is 0.604. The molecule has 0 fully saturated rings. The summed E-state index contributed by atoms with van der Waals surface area (Å²) in [4.78, 5) is 15.7. The van der Waals surface area contributed by atoms with Gasteiger partial charge in [0.15, 0.2) is 0 Å². The molecular weight excluding hydrogens is 256 g/mol. The summed E-state index contributed by atoms with van der Waals surface area (Å²) in [5.74, 6) is -0.176. The summed E-state index contributed by atoms with van der Waals surface area (Å²) in [5, 5.41) is 9.38. The number of nitrogens with zero attached hydrogens (tertiary/aromatic N) is 2. The molecule has 1 atom stereocenters. The summed E-state index contributed by atoms with van der Waals surface area (Å²) in [6.45, 7) is 11.2. The zero-order valence-corrected chi connectivity index (χ0v) is 13.2. The molecule has 0 amide bonds. The van der Waals surface area contributed by atoms with Crippen molar-refractivity contribution in [2.24, 2.45) is 0 Å². The minimum atomic E-state index is -0.888.